The SMILES string of the molecule is O=[N+]([O-])c1ccccc1S(=O)(=O)N(c1ccc(F)cc1F)S(=O)(=O)c1ccccc1[N+](=O)[O-]. The summed E-state index contributed by atoms with van der Waals surface area (Å²) in [6.07, 6.45) is 0. The normalized spacial score (nSPS) is 11.7. The van der Waals surface area contributed by atoms with Crippen molar-refractivity contribution in [1.82, 2.24) is 0 Å². The van der Waals surface area contributed by atoms with Crippen molar-refractivity contribution in [2.45, 2.75) is 9.79 Å². The van der Waals surface area contributed by atoms with Gasteiger partial charge >= 0.3 is 0 Å². The van der Waals surface area contributed by atoms with E-state index >= 15 is 0 Å². The summed E-state index contributed by atoms with van der Waals surface area (Å²) in [5, 5.41) is 22.7. The molecule has 0 saturated carbocycles. The molecule has 0 aliphatic carbocycles. The van der Waals surface area contributed by atoms with Crippen LogP contribution in [-0.2, 0) is 20.0 Å². The van der Waals surface area contributed by atoms with Crippen molar-refractivity contribution in [3.63, 3.8) is 0 Å². The Morgan fingerprint density at radius 3 is 1.52 bits per heavy atom. The van der Waals surface area contributed by atoms with Gasteiger partial charge in [0.2, 0.25) is 0 Å². The molecule has 0 amide bonds. The number of nitro benzene ring substituents is 2. The number of hydrogen-bond acceptors (Lipinski definition) is 8. The van der Waals surface area contributed by atoms with Crippen LogP contribution in [-0.4, -0.2) is 26.7 Å². The third kappa shape index (κ3) is 4.22. The quantitative estimate of drug-likeness (QED) is 0.354. The molecule has 0 bridgehead atoms. The minimum atomic E-state index is -5.49. The second kappa shape index (κ2) is 8.51. The van der Waals surface area contributed by atoms with E-state index in [1.165, 1.54) is 0 Å². The van der Waals surface area contributed by atoms with Crippen LogP contribution < -0.4 is 3.71 Å². The minimum absolute atomic E-state index is 0.187. The molecule has 0 N–H and O–H groups in total. The Balaban J connectivity index is 2.43. The highest BCUT2D eigenvalue weighted by Gasteiger charge is 2.44. The number of halogens is 2. The van der Waals surface area contributed by atoms with Gasteiger partial charge in [-0.2, -0.15) is 20.5 Å². The number of nitrogens with zero attached hydrogens (tertiary/aromatic N) is 3. The number of benzene rings is 3. The van der Waals surface area contributed by atoms with Crippen molar-refractivity contribution in [2.24, 2.45) is 0 Å². The third-order valence-electron chi connectivity index (χ3n) is 4.22. The Kier molecular flexibility index (Phi) is 6.11. The van der Waals surface area contributed by atoms with Crippen LogP contribution in [0, 0.1) is 31.9 Å². The van der Waals surface area contributed by atoms with E-state index in [4.69, 9.17) is 0 Å². The lowest BCUT2D eigenvalue weighted by Gasteiger charge is -2.24. The molecule has 0 spiro atoms. The van der Waals surface area contributed by atoms with Gasteiger partial charge in [0.25, 0.3) is 31.4 Å². The summed E-state index contributed by atoms with van der Waals surface area (Å²) in [4.78, 5) is 18.2. The lowest BCUT2D eigenvalue weighted by atomic mass is 10.3. The maximum absolute atomic E-state index is 14.6. The van der Waals surface area contributed by atoms with Crippen LogP contribution in [0.15, 0.2) is 76.5 Å². The zero-order chi connectivity index (χ0) is 24.6. The molecule has 3 rings (SSSR count). The number of rotatable bonds is 7. The van der Waals surface area contributed by atoms with Gasteiger partial charge in [-0.1, -0.05) is 24.3 Å². The molecule has 3 aromatic rings. The van der Waals surface area contributed by atoms with Crippen molar-refractivity contribution < 1.29 is 35.5 Å². The lowest BCUT2D eigenvalue weighted by molar-refractivity contribution is -0.388. The van der Waals surface area contributed by atoms with Gasteiger partial charge < -0.3 is 0 Å². The zero-order valence-corrected chi connectivity index (χ0v) is 17.7. The van der Waals surface area contributed by atoms with E-state index in [9.17, 15) is 45.8 Å². The lowest BCUT2D eigenvalue weighted by Crippen LogP contribution is -2.38. The van der Waals surface area contributed by atoms with Gasteiger partial charge in [-0.25, -0.2) is 8.78 Å². The predicted molar refractivity (Wildman–Crippen MR) is 109 cm³/mol. The van der Waals surface area contributed by atoms with E-state index in [1.54, 1.807) is 0 Å². The van der Waals surface area contributed by atoms with Crippen molar-refractivity contribution >= 4 is 37.1 Å². The average molecular weight is 499 g/mol. The molecule has 0 radical (unpaired) electrons. The van der Waals surface area contributed by atoms with Crippen LogP contribution >= 0.6 is 0 Å². The summed E-state index contributed by atoms with van der Waals surface area (Å²) in [6.45, 7) is 0. The van der Waals surface area contributed by atoms with E-state index in [-0.39, 0.29) is 6.07 Å². The van der Waals surface area contributed by atoms with E-state index in [1.807, 2.05) is 0 Å². The Morgan fingerprint density at radius 2 is 1.12 bits per heavy atom. The number of sulfonamides is 2. The fourth-order valence-electron chi connectivity index (χ4n) is 2.85. The first kappa shape index (κ1) is 23.7. The Hall–Kier alpha value is -3.98. The van der Waals surface area contributed by atoms with Crippen molar-refractivity contribution in [1.29, 1.82) is 0 Å². The molecule has 0 saturated heterocycles. The molecule has 0 heterocycles. The molecule has 0 aromatic heterocycles. The molecular weight excluding hydrogens is 488 g/mol. The molecular formula is C18H11F2N3O8S2. The third-order valence-corrected chi connectivity index (χ3v) is 8.47. The van der Waals surface area contributed by atoms with E-state index < -0.39 is 72.1 Å². The highest BCUT2D eigenvalue weighted by Crippen LogP contribution is 2.37. The first-order valence-corrected chi connectivity index (χ1v) is 11.5. The van der Waals surface area contributed by atoms with Crippen molar-refractivity contribution in [2.75, 3.05) is 3.71 Å². The summed E-state index contributed by atoms with van der Waals surface area (Å²) in [6, 6.07) is 8.48. The summed E-state index contributed by atoms with van der Waals surface area (Å²) < 4.78 is 81.2. The van der Waals surface area contributed by atoms with Crippen LogP contribution in [0.3, 0.4) is 0 Å². The molecule has 11 nitrogen and oxygen atoms in total. The fraction of sp³-hybridized carbons (Fsp3) is 0. The topological polar surface area (TPSA) is 158 Å². The van der Waals surface area contributed by atoms with Crippen LogP contribution in [0.25, 0.3) is 0 Å². The smallest absolute Gasteiger partial charge is 0.258 e. The van der Waals surface area contributed by atoms with Crippen LogP contribution in [0.5, 0.6) is 0 Å². The summed E-state index contributed by atoms with van der Waals surface area (Å²) in [7, 11) is -11.0. The Morgan fingerprint density at radius 1 is 0.697 bits per heavy atom. The van der Waals surface area contributed by atoms with Gasteiger partial charge in [0.1, 0.15) is 11.5 Å². The number of hydrogen-bond donors (Lipinski definition) is 0. The molecule has 0 aliphatic rings. The highest BCUT2D eigenvalue weighted by molar-refractivity contribution is 8.10. The molecule has 3 aromatic carbocycles. The zero-order valence-electron chi connectivity index (χ0n) is 16.0. The van der Waals surface area contributed by atoms with Crippen LogP contribution in [0.2, 0.25) is 0 Å². The number of anilines is 1. The Labute approximate surface area is 184 Å². The second-order valence-corrected chi connectivity index (χ2v) is 9.99. The van der Waals surface area contributed by atoms with Crippen LogP contribution in [0.1, 0.15) is 0 Å². The van der Waals surface area contributed by atoms with Crippen molar-refractivity contribution in [3.05, 3.63) is 98.6 Å². The maximum Gasteiger partial charge on any atom is 0.289 e. The maximum atomic E-state index is 14.6. The fourth-order valence-corrected chi connectivity index (χ4v) is 6.85. The van der Waals surface area contributed by atoms with Crippen LogP contribution in [0.4, 0.5) is 25.8 Å². The second-order valence-electron chi connectivity index (χ2n) is 6.25. The molecule has 0 aliphatic heterocycles. The number of para-hydroxylation sites is 2. The number of nitro groups is 2. The summed E-state index contributed by atoms with van der Waals surface area (Å²) in [5.41, 5.74) is -3.31. The monoisotopic (exact) mass is 499 g/mol. The van der Waals surface area contributed by atoms with Gasteiger partial charge in [-0.15, -0.1) is 0 Å². The van der Waals surface area contributed by atoms with Gasteiger partial charge in [0.15, 0.2) is 15.6 Å². The van der Waals surface area contributed by atoms with E-state index in [0.29, 0.717) is 24.3 Å². The van der Waals surface area contributed by atoms with E-state index in [2.05, 4.69) is 0 Å². The standard InChI is InChI=1S/C18H11F2N3O8S2/c19-12-9-10-14(13(20)11-12)23(32(28,29)17-7-3-1-5-15(17)21(24)25)33(30,31)18-8-4-2-6-16(18)22(26)27/h1-11H. The molecule has 0 fully saturated rings. The summed E-state index contributed by atoms with van der Waals surface area (Å²) in [5.74, 6) is -2.83. The first-order valence-electron chi connectivity index (χ1n) is 8.61. The molecule has 172 valence electrons. The molecule has 0 unspecified atom stereocenters. The van der Waals surface area contributed by atoms with Gasteiger partial charge in [0.05, 0.1) is 9.85 Å². The van der Waals surface area contributed by atoms with Gasteiger partial charge in [0, 0.05) is 18.2 Å². The van der Waals surface area contributed by atoms with Gasteiger partial charge in [-0.05, 0) is 24.3 Å². The molecule has 0 atom stereocenters. The van der Waals surface area contributed by atoms with E-state index in [0.717, 1.165) is 36.4 Å². The average Bonchev–Trinajstić information content (AvgIpc) is 2.75. The van der Waals surface area contributed by atoms with Crippen molar-refractivity contribution in [3.8, 4) is 0 Å². The summed E-state index contributed by atoms with van der Waals surface area (Å²) >= 11 is 0. The Bertz CT molecular complexity index is 1410. The largest absolute Gasteiger partial charge is 0.289 e. The molecule has 33 heavy (non-hydrogen) atoms. The predicted octanol–water partition coefficient (Wildman–Crippen LogP) is 3.37. The first-order chi connectivity index (χ1) is 15.4. The van der Waals surface area contributed by atoms with Gasteiger partial charge in [-0.3, -0.25) is 20.2 Å². The minimum Gasteiger partial charge on any atom is -0.258 e. The highest BCUT2D eigenvalue weighted by atomic mass is 32.3. The molecule has 15 heteroatoms.